The summed E-state index contributed by atoms with van der Waals surface area (Å²) in [6.07, 6.45) is 0. The first-order valence-electron chi connectivity index (χ1n) is 9.58. The highest BCUT2D eigenvalue weighted by Crippen LogP contribution is 2.31. The Hall–Kier alpha value is -2.76. The zero-order valence-corrected chi connectivity index (χ0v) is 19.0. The number of nitrogens with zero attached hydrogens (tertiary/aromatic N) is 7. The van der Waals surface area contributed by atoms with E-state index in [1.165, 1.54) is 21.1 Å². The van der Waals surface area contributed by atoms with Gasteiger partial charge >= 0.3 is 0 Å². The van der Waals surface area contributed by atoms with Crippen LogP contribution in [-0.2, 0) is 18.2 Å². The lowest BCUT2D eigenvalue weighted by Gasteiger charge is -2.07. The maximum Gasteiger partial charge on any atom is 0.278 e. The Morgan fingerprint density at radius 1 is 0.968 bits per heavy atom. The molecule has 2 aromatic carbocycles. The highest BCUT2D eigenvalue weighted by Gasteiger charge is 2.14. The Morgan fingerprint density at radius 2 is 1.77 bits per heavy atom. The predicted molar refractivity (Wildman–Crippen MR) is 125 cm³/mol. The number of fused-ring (bicyclic) bond motifs is 2. The SMILES string of the molecule is CCn1c(CSc2nc3ccccc3s2)nnc1SCn1nnc2ccccc2c1=O. The summed E-state index contributed by atoms with van der Waals surface area (Å²) in [7, 11) is 0. The van der Waals surface area contributed by atoms with E-state index in [1.807, 2.05) is 30.3 Å². The van der Waals surface area contributed by atoms with Gasteiger partial charge in [0.2, 0.25) is 0 Å². The second-order valence-electron chi connectivity index (χ2n) is 6.56. The van der Waals surface area contributed by atoms with E-state index >= 15 is 0 Å². The molecule has 0 unspecified atom stereocenters. The van der Waals surface area contributed by atoms with Gasteiger partial charge in [-0.2, -0.15) is 4.68 Å². The molecule has 0 bridgehead atoms. The standard InChI is InChI=1S/C20H17N7OS3/c1-2-26-17(11-29-20-21-15-9-5-6-10-16(15)31-20)23-24-19(26)30-12-27-18(28)13-7-3-4-8-14(13)22-25-27/h3-10H,2,11-12H2,1H3. The summed E-state index contributed by atoms with van der Waals surface area (Å²) in [5, 5.41) is 18.2. The van der Waals surface area contributed by atoms with Gasteiger partial charge in [0.05, 0.1) is 27.2 Å². The first-order chi connectivity index (χ1) is 15.2. The van der Waals surface area contributed by atoms with Gasteiger partial charge in [-0.15, -0.1) is 26.6 Å². The molecule has 0 amide bonds. The van der Waals surface area contributed by atoms with Crippen molar-refractivity contribution in [3.8, 4) is 0 Å². The summed E-state index contributed by atoms with van der Waals surface area (Å²) in [6, 6.07) is 15.3. The summed E-state index contributed by atoms with van der Waals surface area (Å²) in [4.78, 5) is 17.3. The van der Waals surface area contributed by atoms with Gasteiger partial charge in [0.1, 0.15) is 11.3 Å². The molecule has 31 heavy (non-hydrogen) atoms. The number of benzene rings is 2. The summed E-state index contributed by atoms with van der Waals surface area (Å²) >= 11 is 4.76. The third-order valence-electron chi connectivity index (χ3n) is 4.65. The predicted octanol–water partition coefficient (Wildman–Crippen LogP) is 4.05. The monoisotopic (exact) mass is 467 g/mol. The molecule has 0 aliphatic rings. The summed E-state index contributed by atoms with van der Waals surface area (Å²) < 4.78 is 5.61. The minimum Gasteiger partial charge on any atom is -0.306 e. The molecule has 0 aliphatic carbocycles. The van der Waals surface area contributed by atoms with Gasteiger partial charge in [-0.05, 0) is 31.2 Å². The van der Waals surface area contributed by atoms with Crippen LogP contribution in [0, 0.1) is 0 Å². The molecule has 5 aromatic rings. The van der Waals surface area contributed by atoms with Crippen molar-refractivity contribution in [1.29, 1.82) is 0 Å². The molecule has 11 heteroatoms. The van der Waals surface area contributed by atoms with Crippen molar-refractivity contribution in [1.82, 2.24) is 34.7 Å². The lowest BCUT2D eigenvalue weighted by Crippen LogP contribution is -2.23. The number of thiazole rings is 1. The molecule has 0 aliphatic heterocycles. The Kier molecular flexibility index (Phi) is 5.70. The third-order valence-corrected chi connectivity index (χ3v) is 7.76. The quantitative estimate of drug-likeness (QED) is 0.331. The van der Waals surface area contributed by atoms with E-state index in [4.69, 9.17) is 0 Å². The molecule has 0 N–H and O–H groups in total. The Balaban J connectivity index is 1.31. The van der Waals surface area contributed by atoms with Crippen LogP contribution in [0.5, 0.6) is 0 Å². The third kappa shape index (κ3) is 4.08. The maximum absolute atomic E-state index is 12.6. The molecule has 0 fully saturated rings. The van der Waals surface area contributed by atoms with Crippen LogP contribution in [0.2, 0.25) is 0 Å². The zero-order chi connectivity index (χ0) is 21.2. The Bertz CT molecular complexity index is 1390. The van der Waals surface area contributed by atoms with Crippen LogP contribution in [0.1, 0.15) is 12.7 Å². The average Bonchev–Trinajstić information content (AvgIpc) is 3.40. The van der Waals surface area contributed by atoms with Gasteiger partial charge in [-0.25, -0.2) is 4.98 Å². The molecule has 156 valence electrons. The van der Waals surface area contributed by atoms with Crippen molar-refractivity contribution >= 4 is 56.0 Å². The molecular weight excluding hydrogens is 450 g/mol. The van der Waals surface area contributed by atoms with E-state index in [1.54, 1.807) is 35.2 Å². The van der Waals surface area contributed by atoms with Gasteiger partial charge in [-0.3, -0.25) is 4.79 Å². The van der Waals surface area contributed by atoms with Crippen LogP contribution in [0.15, 0.2) is 62.8 Å². The molecule has 0 saturated heterocycles. The number of rotatable bonds is 7. The maximum atomic E-state index is 12.6. The van der Waals surface area contributed by atoms with Crippen molar-refractivity contribution in [2.45, 2.75) is 34.6 Å². The number of para-hydroxylation sites is 1. The van der Waals surface area contributed by atoms with Crippen LogP contribution in [0.3, 0.4) is 0 Å². The molecule has 0 atom stereocenters. The molecule has 0 spiro atoms. The van der Waals surface area contributed by atoms with Crippen molar-refractivity contribution < 1.29 is 0 Å². The molecule has 5 rings (SSSR count). The minimum absolute atomic E-state index is 0.160. The minimum atomic E-state index is -0.160. The lowest BCUT2D eigenvalue weighted by molar-refractivity contribution is 0.632. The van der Waals surface area contributed by atoms with Crippen molar-refractivity contribution in [2.75, 3.05) is 0 Å². The fourth-order valence-corrected chi connectivity index (χ4v) is 6.02. The van der Waals surface area contributed by atoms with E-state index in [2.05, 4.69) is 43.1 Å². The van der Waals surface area contributed by atoms with E-state index in [-0.39, 0.29) is 5.56 Å². The first-order valence-corrected chi connectivity index (χ1v) is 12.4. The van der Waals surface area contributed by atoms with E-state index in [0.717, 1.165) is 27.4 Å². The van der Waals surface area contributed by atoms with Crippen molar-refractivity contribution in [3.63, 3.8) is 0 Å². The number of hydrogen-bond donors (Lipinski definition) is 0. The Labute approximate surface area is 189 Å². The smallest absolute Gasteiger partial charge is 0.278 e. The fourth-order valence-electron chi connectivity index (χ4n) is 3.12. The van der Waals surface area contributed by atoms with E-state index in [9.17, 15) is 4.79 Å². The topological polar surface area (TPSA) is 91.4 Å². The van der Waals surface area contributed by atoms with Crippen molar-refractivity contribution in [3.05, 3.63) is 64.7 Å². The number of aromatic nitrogens is 7. The fraction of sp³-hybridized carbons (Fsp3) is 0.200. The normalized spacial score (nSPS) is 11.5. The number of hydrogen-bond acceptors (Lipinski definition) is 9. The van der Waals surface area contributed by atoms with Crippen molar-refractivity contribution in [2.24, 2.45) is 0 Å². The van der Waals surface area contributed by atoms with Crippen LogP contribution in [-0.4, -0.2) is 34.7 Å². The second kappa shape index (κ2) is 8.77. The Morgan fingerprint density at radius 3 is 2.61 bits per heavy atom. The van der Waals surface area contributed by atoms with Gasteiger partial charge < -0.3 is 4.57 Å². The summed E-state index contributed by atoms with van der Waals surface area (Å²) in [6.45, 7) is 2.80. The van der Waals surface area contributed by atoms with Gasteiger partial charge in [0, 0.05) is 6.54 Å². The van der Waals surface area contributed by atoms with Gasteiger partial charge in [-0.1, -0.05) is 53.0 Å². The van der Waals surface area contributed by atoms with Crippen LogP contribution in [0.4, 0.5) is 0 Å². The zero-order valence-electron chi connectivity index (χ0n) is 16.5. The number of thioether (sulfide) groups is 2. The van der Waals surface area contributed by atoms with E-state index in [0.29, 0.717) is 22.5 Å². The van der Waals surface area contributed by atoms with Crippen LogP contribution in [0.25, 0.3) is 21.1 Å². The molecule has 0 radical (unpaired) electrons. The average molecular weight is 468 g/mol. The lowest BCUT2D eigenvalue weighted by atomic mass is 10.2. The van der Waals surface area contributed by atoms with Gasteiger partial charge in [0.15, 0.2) is 9.50 Å². The molecule has 8 nitrogen and oxygen atoms in total. The first kappa shape index (κ1) is 20.2. The second-order valence-corrected chi connectivity index (χ2v) is 9.73. The van der Waals surface area contributed by atoms with Crippen LogP contribution < -0.4 is 5.56 Å². The molecule has 0 saturated carbocycles. The molecule has 3 aromatic heterocycles. The summed E-state index contributed by atoms with van der Waals surface area (Å²) in [5.74, 6) is 1.88. The highest BCUT2D eigenvalue weighted by molar-refractivity contribution is 8.00. The molecule has 3 heterocycles. The summed E-state index contributed by atoms with van der Waals surface area (Å²) in [5.41, 5.74) is 1.46. The van der Waals surface area contributed by atoms with Crippen LogP contribution >= 0.6 is 34.9 Å². The van der Waals surface area contributed by atoms with Gasteiger partial charge in [0.25, 0.3) is 5.56 Å². The highest BCUT2D eigenvalue weighted by atomic mass is 32.2. The largest absolute Gasteiger partial charge is 0.306 e. The molecular formula is C20H17N7OS3. The van der Waals surface area contributed by atoms with E-state index < -0.39 is 0 Å².